The highest BCUT2D eigenvalue weighted by atomic mass is 35.5. The van der Waals surface area contributed by atoms with Crippen LogP contribution in [0, 0.1) is 0 Å². The molecule has 0 spiro atoms. The quantitative estimate of drug-likeness (QED) is 0.721. The van der Waals surface area contributed by atoms with E-state index < -0.39 is 0 Å². The van der Waals surface area contributed by atoms with Gasteiger partial charge in [-0.2, -0.15) is 0 Å². The molecule has 0 aliphatic heterocycles. The zero-order valence-electron chi connectivity index (χ0n) is 13.7. The Morgan fingerprint density at radius 2 is 1.70 bits per heavy atom. The van der Waals surface area contributed by atoms with Crippen LogP contribution in [0.1, 0.15) is 13.8 Å². The Labute approximate surface area is 147 Å². The number of carbonyl (C=O) groups excluding carboxylic acids is 1. The number of nitrogens with one attached hydrogen (secondary N) is 1. The summed E-state index contributed by atoms with van der Waals surface area (Å²) in [5.74, 6) is 0. The first-order valence-electron chi connectivity index (χ1n) is 7.67. The average molecular weight is 350 g/mol. The van der Waals surface area contributed by atoms with Crippen molar-refractivity contribution in [2.45, 2.75) is 23.6 Å². The number of nitrogens with zero attached hydrogens (tertiary/aromatic N) is 1. The summed E-state index contributed by atoms with van der Waals surface area (Å²) in [4.78, 5) is 14.7. The van der Waals surface area contributed by atoms with E-state index >= 15 is 0 Å². The zero-order valence-corrected chi connectivity index (χ0v) is 15.2. The number of quaternary nitrogens is 1. The molecular formula is C18H22ClN2OS+. The van der Waals surface area contributed by atoms with Crippen LogP contribution < -0.4 is 5.32 Å². The molecule has 5 heteroatoms. The molecule has 0 atom stereocenters. The van der Waals surface area contributed by atoms with Crippen molar-refractivity contribution in [1.29, 1.82) is 0 Å². The van der Waals surface area contributed by atoms with E-state index in [0.717, 1.165) is 33.6 Å². The predicted molar refractivity (Wildman–Crippen MR) is 98.3 cm³/mol. The summed E-state index contributed by atoms with van der Waals surface area (Å²) in [5, 5.41) is 3.79. The molecule has 1 N–H and O–H groups in total. The van der Waals surface area contributed by atoms with Crippen LogP contribution in [-0.4, -0.2) is 30.7 Å². The lowest BCUT2D eigenvalue weighted by atomic mass is 10.3. The maximum absolute atomic E-state index is 12.6. The number of carbonyl (C=O) groups is 1. The second-order valence-corrected chi connectivity index (χ2v) is 7.06. The van der Waals surface area contributed by atoms with Crippen molar-refractivity contribution in [2.75, 3.05) is 25.5 Å². The average Bonchev–Trinajstić information content (AvgIpc) is 2.57. The van der Waals surface area contributed by atoms with Gasteiger partial charge < -0.3 is 0 Å². The topological polar surface area (TPSA) is 29.1 Å². The van der Waals surface area contributed by atoms with Gasteiger partial charge in [0.15, 0.2) is 0 Å². The van der Waals surface area contributed by atoms with Crippen LogP contribution >= 0.6 is 23.4 Å². The number of amides is 2. The molecule has 0 aliphatic rings. The van der Waals surface area contributed by atoms with Gasteiger partial charge in [0, 0.05) is 14.8 Å². The van der Waals surface area contributed by atoms with Gasteiger partial charge >= 0.3 is 6.03 Å². The van der Waals surface area contributed by atoms with E-state index in [9.17, 15) is 4.79 Å². The smallest absolute Gasteiger partial charge is 0.274 e. The van der Waals surface area contributed by atoms with Crippen molar-refractivity contribution in [3.8, 4) is 0 Å². The number of benzene rings is 2. The van der Waals surface area contributed by atoms with Crippen LogP contribution in [0.3, 0.4) is 0 Å². The van der Waals surface area contributed by atoms with Gasteiger partial charge in [0.2, 0.25) is 0 Å². The van der Waals surface area contributed by atoms with E-state index in [2.05, 4.69) is 5.32 Å². The lowest BCUT2D eigenvalue weighted by Gasteiger charge is -2.28. The zero-order chi connectivity index (χ0) is 16.9. The molecule has 2 aromatic carbocycles. The monoisotopic (exact) mass is 349 g/mol. The summed E-state index contributed by atoms with van der Waals surface area (Å²) in [6.07, 6.45) is 0. The Hall–Kier alpha value is -1.49. The molecule has 0 heterocycles. The summed E-state index contributed by atoms with van der Waals surface area (Å²) in [5.41, 5.74) is 0.837. The minimum atomic E-state index is 0.0131. The maximum Gasteiger partial charge on any atom is 0.420 e. The summed E-state index contributed by atoms with van der Waals surface area (Å²) in [7, 11) is 1.95. The first-order valence-corrected chi connectivity index (χ1v) is 8.86. The first kappa shape index (κ1) is 17.9. The van der Waals surface area contributed by atoms with E-state index in [4.69, 9.17) is 11.6 Å². The minimum absolute atomic E-state index is 0.0131. The molecule has 122 valence electrons. The molecule has 0 aromatic heterocycles. The predicted octanol–water partition coefficient (Wildman–Crippen LogP) is 5.51. The van der Waals surface area contributed by atoms with Gasteiger partial charge in [-0.15, -0.1) is 0 Å². The highest BCUT2D eigenvalue weighted by Gasteiger charge is 2.28. The lowest BCUT2D eigenvalue weighted by molar-refractivity contribution is -0.823. The Balaban J connectivity index is 2.20. The molecule has 2 rings (SSSR count). The standard InChI is InChI=1S/C18H21ClN2OS/c1-4-21(3,5-2)18(22)20-16-8-6-7-9-17(16)23-15-12-10-14(19)11-13-15/h6-13H,4-5H2,1-3H3/p+1. The van der Waals surface area contributed by atoms with Crippen LogP contribution in [0.25, 0.3) is 0 Å². The Morgan fingerprint density at radius 3 is 2.30 bits per heavy atom. The van der Waals surface area contributed by atoms with Gasteiger partial charge in [0.1, 0.15) is 0 Å². The first-order chi connectivity index (χ1) is 11.0. The van der Waals surface area contributed by atoms with Crippen molar-refractivity contribution in [2.24, 2.45) is 0 Å². The van der Waals surface area contributed by atoms with Crippen molar-refractivity contribution >= 4 is 35.1 Å². The van der Waals surface area contributed by atoms with Crippen LogP contribution in [0.4, 0.5) is 10.5 Å². The molecule has 23 heavy (non-hydrogen) atoms. The second kappa shape index (κ2) is 7.86. The number of para-hydroxylation sites is 1. The number of rotatable bonds is 5. The number of halogens is 1. The fourth-order valence-corrected chi connectivity index (χ4v) is 3.08. The van der Waals surface area contributed by atoms with E-state index in [-0.39, 0.29) is 6.03 Å². The Kier molecular flexibility index (Phi) is 6.10. The van der Waals surface area contributed by atoms with Crippen molar-refractivity contribution in [3.05, 3.63) is 53.6 Å². The SMILES string of the molecule is CC[N+](C)(CC)C(=O)Nc1ccccc1Sc1ccc(Cl)cc1. The van der Waals surface area contributed by atoms with E-state index in [1.165, 1.54) is 0 Å². The van der Waals surface area contributed by atoms with E-state index in [1.54, 1.807) is 11.8 Å². The molecule has 3 nitrogen and oxygen atoms in total. The van der Waals surface area contributed by atoms with Crippen LogP contribution in [0.5, 0.6) is 0 Å². The highest BCUT2D eigenvalue weighted by molar-refractivity contribution is 7.99. The van der Waals surface area contributed by atoms with Gasteiger partial charge in [-0.3, -0.25) is 5.32 Å². The Morgan fingerprint density at radius 1 is 1.09 bits per heavy atom. The maximum atomic E-state index is 12.6. The molecule has 2 amide bonds. The number of hydrogen-bond acceptors (Lipinski definition) is 2. The minimum Gasteiger partial charge on any atom is -0.274 e. The van der Waals surface area contributed by atoms with Crippen LogP contribution in [0.2, 0.25) is 5.02 Å². The summed E-state index contributed by atoms with van der Waals surface area (Å²) < 4.78 is 0.361. The second-order valence-electron chi connectivity index (χ2n) is 5.51. The number of hydrogen-bond donors (Lipinski definition) is 1. The Bertz CT molecular complexity index is 669. The summed E-state index contributed by atoms with van der Waals surface area (Å²) >= 11 is 7.54. The molecule has 0 bridgehead atoms. The fraction of sp³-hybridized carbons (Fsp3) is 0.278. The van der Waals surface area contributed by atoms with Crippen molar-refractivity contribution in [1.82, 2.24) is 0 Å². The lowest BCUT2D eigenvalue weighted by Crippen LogP contribution is -2.51. The van der Waals surface area contributed by atoms with Gasteiger partial charge in [-0.25, -0.2) is 9.28 Å². The molecule has 0 saturated carbocycles. The molecule has 0 aliphatic carbocycles. The largest absolute Gasteiger partial charge is 0.420 e. The van der Waals surface area contributed by atoms with Crippen molar-refractivity contribution in [3.63, 3.8) is 0 Å². The number of anilines is 1. The van der Waals surface area contributed by atoms with Crippen LogP contribution in [0.15, 0.2) is 58.3 Å². The van der Waals surface area contributed by atoms with E-state index in [0.29, 0.717) is 4.48 Å². The molecular weight excluding hydrogens is 328 g/mol. The highest BCUT2D eigenvalue weighted by Crippen LogP contribution is 2.34. The summed E-state index contributed by atoms with van der Waals surface area (Å²) in [6.45, 7) is 5.57. The molecule has 0 saturated heterocycles. The molecule has 0 fully saturated rings. The third kappa shape index (κ3) is 4.50. The van der Waals surface area contributed by atoms with Gasteiger partial charge in [0.25, 0.3) is 0 Å². The third-order valence-electron chi connectivity index (χ3n) is 4.06. The van der Waals surface area contributed by atoms with Gasteiger partial charge in [-0.1, -0.05) is 35.5 Å². The third-order valence-corrected chi connectivity index (χ3v) is 5.39. The molecule has 2 aromatic rings. The molecule has 0 radical (unpaired) electrons. The van der Waals surface area contributed by atoms with Crippen molar-refractivity contribution < 1.29 is 9.28 Å². The van der Waals surface area contributed by atoms with Crippen LogP contribution in [-0.2, 0) is 0 Å². The summed E-state index contributed by atoms with van der Waals surface area (Å²) in [6, 6.07) is 15.6. The fourth-order valence-electron chi connectivity index (χ4n) is 2.05. The normalized spacial score (nSPS) is 11.3. The molecule has 0 unspecified atom stereocenters. The van der Waals surface area contributed by atoms with Gasteiger partial charge in [0.05, 0.1) is 25.8 Å². The number of urea groups is 1. The van der Waals surface area contributed by atoms with Gasteiger partial charge in [-0.05, 0) is 50.2 Å². The van der Waals surface area contributed by atoms with E-state index in [1.807, 2.05) is 69.4 Å².